The number of methoxy groups -OCH3 is 1. The van der Waals surface area contributed by atoms with Gasteiger partial charge in [0.25, 0.3) is 0 Å². The third-order valence-corrected chi connectivity index (χ3v) is 3.04. The molecule has 0 radical (unpaired) electrons. The third kappa shape index (κ3) is 3.56. The SMILES string of the molecule is COC(=O)C(NC(=O)Nc1ccc2c(c1)OCO2)C(C)C. The molecule has 7 nitrogen and oxygen atoms in total. The van der Waals surface area contributed by atoms with Crippen molar-refractivity contribution in [3.8, 4) is 11.5 Å². The average Bonchev–Trinajstić information content (AvgIpc) is 2.91. The number of fused-ring (bicyclic) bond motifs is 1. The highest BCUT2D eigenvalue weighted by molar-refractivity contribution is 5.92. The molecule has 2 amide bonds. The first-order valence-corrected chi connectivity index (χ1v) is 6.56. The van der Waals surface area contributed by atoms with Crippen molar-refractivity contribution in [1.29, 1.82) is 0 Å². The minimum absolute atomic E-state index is 0.0834. The van der Waals surface area contributed by atoms with Gasteiger partial charge < -0.3 is 24.8 Å². The summed E-state index contributed by atoms with van der Waals surface area (Å²) in [4.78, 5) is 23.5. The topological polar surface area (TPSA) is 85.9 Å². The lowest BCUT2D eigenvalue weighted by Crippen LogP contribution is -2.46. The highest BCUT2D eigenvalue weighted by atomic mass is 16.7. The standard InChI is InChI=1S/C14H18N2O5/c1-8(2)12(13(17)19-3)16-14(18)15-9-4-5-10-11(6-9)21-7-20-10/h4-6,8,12H,7H2,1-3H3,(H2,15,16,18). The molecule has 0 spiro atoms. The Balaban J connectivity index is 1.99. The Bertz CT molecular complexity index is 544. The monoisotopic (exact) mass is 294 g/mol. The van der Waals surface area contributed by atoms with E-state index in [-0.39, 0.29) is 12.7 Å². The third-order valence-electron chi connectivity index (χ3n) is 3.04. The molecular formula is C14H18N2O5. The van der Waals surface area contributed by atoms with E-state index in [2.05, 4.69) is 15.4 Å². The molecule has 114 valence electrons. The van der Waals surface area contributed by atoms with Gasteiger partial charge in [-0.05, 0) is 18.1 Å². The highest BCUT2D eigenvalue weighted by Gasteiger charge is 2.25. The van der Waals surface area contributed by atoms with Gasteiger partial charge in [0.15, 0.2) is 11.5 Å². The highest BCUT2D eigenvalue weighted by Crippen LogP contribution is 2.34. The lowest BCUT2D eigenvalue weighted by atomic mass is 10.1. The van der Waals surface area contributed by atoms with Gasteiger partial charge in [-0.15, -0.1) is 0 Å². The van der Waals surface area contributed by atoms with Crippen molar-refractivity contribution >= 4 is 17.7 Å². The Morgan fingerprint density at radius 3 is 2.62 bits per heavy atom. The number of rotatable bonds is 4. The van der Waals surface area contributed by atoms with Crippen LogP contribution in [0, 0.1) is 5.92 Å². The first kappa shape index (κ1) is 15.0. The van der Waals surface area contributed by atoms with Crippen molar-refractivity contribution in [3.63, 3.8) is 0 Å². The molecule has 1 aliphatic rings. The second-order valence-corrected chi connectivity index (χ2v) is 4.91. The summed E-state index contributed by atoms with van der Waals surface area (Å²) in [5, 5.41) is 5.23. The summed E-state index contributed by atoms with van der Waals surface area (Å²) in [5.74, 6) is 0.641. The van der Waals surface area contributed by atoms with Gasteiger partial charge in [0.1, 0.15) is 6.04 Å². The second-order valence-electron chi connectivity index (χ2n) is 4.91. The summed E-state index contributed by atoms with van der Waals surface area (Å²) >= 11 is 0. The molecule has 0 saturated heterocycles. The fourth-order valence-corrected chi connectivity index (χ4v) is 1.91. The molecule has 0 aliphatic carbocycles. The summed E-state index contributed by atoms with van der Waals surface area (Å²) in [7, 11) is 1.29. The molecule has 1 aliphatic heterocycles. The number of carbonyl (C=O) groups excluding carboxylic acids is 2. The van der Waals surface area contributed by atoms with Crippen molar-refractivity contribution in [2.75, 3.05) is 19.2 Å². The number of hydrogen-bond acceptors (Lipinski definition) is 5. The molecular weight excluding hydrogens is 276 g/mol. The molecule has 2 N–H and O–H groups in total. The molecule has 0 bridgehead atoms. The van der Waals surface area contributed by atoms with Gasteiger partial charge in [0.05, 0.1) is 7.11 Å². The maximum Gasteiger partial charge on any atom is 0.328 e. The van der Waals surface area contributed by atoms with E-state index in [9.17, 15) is 9.59 Å². The summed E-state index contributed by atoms with van der Waals surface area (Å²) in [6.07, 6.45) is 0. The first-order chi connectivity index (χ1) is 10.0. The summed E-state index contributed by atoms with van der Waals surface area (Å²) in [6.45, 7) is 3.81. The quantitative estimate of drug-likeness (QED) is 0.826. The van der Waals surface area contributed by atoms with Crippen LogP contribution in [0.3, 0.4) is 0 Å². The van der Waals surface area contributed by atoms with Crippen molar-refractivity contribution in [2.45, 2.75) is 19.9 Å². The molecule has 21 heavy (non-hydrogen) atoms. The van der Waals surface area contributed by atoms with Gasteiger partial charge in [-0.25, -0.2) is 9.59 Å². The Hall–Kier alpha value is -2.44. The van der Waals surface area contributed by atoms with Gasteiger partial charge in [-0.3, -0.25) is 0 Å². The molecule has 1 heterocycles. The Kier molecular flexibility index (Phi) is 4.52. The van der Waals surface area contributed by atoms with E-state index >= 15 is 0 Å². The van der Waals surface area contributed by atoms with Crippen molar-refractivity contribution in [2.24, 2.45) is 5.92 Å². The predicted octanol–water partition coefficient (Wildman–Crippen LogP) is 1.73. The molecule has 2 rings (SSSR count). The van der Waals surface area contributed by atoms with Crippen molar-refractivity contribution < 1.29 is 23.8 Å². The lowest BCUT2D eigenvalue weighted by Gasteiger charge is -2.20. The molecule has 0 saturated carbocycles. The first-order valence-electron chi connectivity index (χ1n) is 6.56. The average molecular weight is 294 g/mol. The molecule has 1 aromatic carbocycles. The number of hydrogen-bond donors (Lipinski definition) is 2. The van der Waals surface area contributed by atoms with E-state index < -0.39 is 18.0 Å². The minimum atomic E-state index is -0.705. The number of ether oxygens (including phenoxy) is 3. The van der Waals surface area contributed by atoms with E-state index in [0.717, 1.165) is 0 Å². The number of amides is 2. The molecule has 7 heteroatoms. The zero-order valence-corrected chi connectivity index (χ0v) is 12.1. The van der Waals surface area contributed by atoms with E-state index in [1.807, 2.05) is 13.8 Å². The summed E-state index contributed by atoms with van der Waals surface area (Å²) in [6, 6.07) is 3.86. The molecule has 1 aromatic rings. The normalized spacial score (nSPS) is 13.7. The Morgan fingerprint density at radius 2 is 1.95 bits per heavy atom. The number of benzene rings is 1. The van der Waals surface area contributed by atoms with Crippen LogP contribution in [-0.4, -0.2) is 31.9 Å². The van der Waals surface area contributed by atoms with E-state index in [4.69, 9.17) is 9.47 Å². The van der Waals surface area contributed by atoms with E-state index in [0.29, 0.717) is 17.2 Å². The van der Waals surface area contributed by atoms with Gasteiger partial charge >= 0.3 is 12.0 Å². The van der Waals surface area contributed by atoms with Crippen LogP contribution in [0.25, 0.3) is 0 Å². The molecule has 1 unspecified atom stereocenters. The van der Waals surface area contributed by atoms with Gasteiger partial charge in [0, 0.05) is 11.8 Å². The predicted molar refractivity (Wildman–Crippen MR) is 75.4 cm³/mol. The van der Waals surface area contributed by atoms with Crippen LogP contribution >= 0.6 is 0 Å². The zero-order chi connectivity index (χ0) is 15.4. The van der Waals surface area contributed by atoms with Crippen LogP contribution in [0.2, 0.25) is 0 Å². The van der Waals surface area contributed by atoms with Gasteiger partial charge in [-0.1, -0.05) is 13.8 Å². The van der Waals surface area contributed by atoms with Crippen molar-refractivity contribution in [3.05, 3.63) is 18.2 Å². The zero-order valence-electron chi connectivity index (χ0n) is 12.1. The van der Waals surface area contributed by atoms with Crippen LogP contribution in [-0.2, 0) is 9.53 Å². The van der Waals surface area contributed by atoms with Crippen LogP contribution in [0.15, 0.2) is 18.2 Å². The Morgan fingerprint density at radius 1 is 1.24 bits per heavy atom. The molecule has 0 aromatic heterocycles. The van der Waals surface area contributed by atoms with Gasteiger partial charge in [-0.2, -0.15) is 0 Å². The minimum Gasteiger partial charge on any atom is -0.467 e. The Labute approximate surface area is 122 Å². The lowest BCUT2D eigenvalue weighted by molar-refractivity contribution is -0.143. The number of carbonyl (C=O) groups is 2. The van der Waals surface area contributed by atoms with Crippen molar-refractivity contribution in [1.82, 2.24) is 5.32 Å². The summed E-state index contributed by atoms with van der Waals surface area (Å²) < 4.78 is 15.1. The number of urea groups is 1. The summed E-state index contributed by atoms with van der Waals surface area (Å²) in [5.41, 5.74) is 0.545. The number of nitrogens with one attached hydrogen (secondary N) is 2. The smallest absolute Gasteiger partial charge is 0.328 e. The van der Waals surface area contributed by atoms with E-state index in [1.54, 1.807) is 18.2 Å². The van der Waals surface area contributed by atoms with Crippen LogP contribution in [0.1, 0.15) is 13.8 Å². The van der Waals surface area contributed by atoms with Crippen LogP contribution in [0.5, 0.6) is 11.5 Å². The van der Waals surface area contributed by atoms with Gasteiger partial charge in [0.2, 0.25) is 6.79 Å². The second kappa shape index (κ2) is 6.34. The van der Waals surface area contributed by atoms with E-state index in [1.165, 1.54) is 7.11 Å². The fraction of sp³-hybridized carbons (Fsp3) is 0.429. The number of anilines is 1. The van der Waals surface area contributed by atoms with Crippen LogP contribution in [0.4, 0.5) is 10.5 Å². The number of esters is 1. The maximum absolute atomic E-state index is 11.9. The van der Waals surface area contributed by atoms with Crippen LogP contribution < -0.4 is 20.1 Å². The maximum atomic E-state index is 11.9. The largest absolute Gasteiger partial charge is 0.467 e. The molecule has 0 fully saturated rings. The molecule has 1 atom stereocenters. The fourth-order valence-electron chi connectivity index (χ4n) is 1.91.